The van der Waals surface area contributed by atoms with Crippen molar-refractivity contribution in [1.82, 2.24) is 28.6 Å². The van der Waals surface area contributed by atoms with Crippen LogP contribution in [-0.4, -0.2) is 64.9 Å². The number of carbonyl (C=O) groups is 1. The average Bonchev–Trinajstić information content (AvgIpc) is 3.51. The number of imidazole rings is 1. The molecule has 3 aliphatic rings. The van der Waals surface area contributed by atoms with Gasteiger partial charge >= 0.3 is 0 Å². The van der Waals surface area contributed by atoms with Crippen LogP contribution < -0.4 is 10.3 Å². The van der Waals surface area contributed by atoms with Gasteiger partial charge in [0, 0.05) is 48.8 Å². The van der Waals surface area contributed by atoms with Crippen LogP contribution in [0, 0.1) is 17.8 Å². The highest BCUT2D eigenvalue weighted by Crippen LogP contribution is 2.44. The summed E-state index contributed by atoms with van der Waals surface area (Å²) in [7, 11) is 3.67. The summed E-state index contributed by atoms with van der Waals surface area (Å²) in [6, 6.07) is 19.9. The Morgan fingerprint density at radius 2 is 1.76 bits per heavy atom. The van der Waals surface area contributed by atoms with Crippen LogP contribution in [0.25, 0.3) is 55.7 Å². The number of nitrogens with zero attached hydrogens (tertiary/aromatic N) is 6. The van der Waals surface area contributed by atoms with Crippen molar-refractivity contribution < 1.29 is 14.6 Å². The minimum Gasteiger partial charge on any atom is -0.494 e. The number of carbonyl (C=O) groups excluding carboxylic acids is 1. The molecule has 3 atom stereocenters. The molecule has 3 fully saturated rings. The number of pyridine rings is 2. The van der Waals surface area contributed by atoms with Gasteiger partial charge in [0.1, 0.15) is 16.9 Å². The Bertz CT molecular complexity index is 2440. The molecule has 1 amide bonds. The summed E-state index contributed by atoms with van der Waals surface area (Å²) in [5.41, 5.74) is 5.50. The number of rotatable bonds is 8. The fourth-order valence-electron chi connectivity index (χ4n) is 8.76. The lowest BCUT2D eigenvalue weighted by Gasteiger charge is -2.27. The van der Waals surface area contributed by atoms with Crippen LogP contribution in [0.4, 0.5) is 0 Å². The normalized spacial score (nSPS) is 20.4. The summed E-state index contributed by atoms with van der Waals surface area (Å²) in [5.74, 6) is 3.24. The number of benzene rings is 2. The van der Waals surface area contributed by atoms with Crippen LogP contribution in [0.3, 0.4) is 0 Å². The molecule has 2 unspecified atom stereocenters. The number of likely N-dealkylation sites (tertiary alicyclic amines) is 1. The van der Waals surface area contributed by atoms with Gasteiger partial charge in [-0.25, -0.2) is 9.97 Å². The smallest absolute Gasteiger partial charge is 0.254 e. The molecule has 2 aliphatic carbocycles. The number of ether oxygens (including phenoxy) is 1. The van der Waals surface area contributed by atoms with Gasteiger partial charge in [0.05, 0.1) is 41.7 Å². The predicted molar refractivity (Wildman–Crippen MR) is 199 cm³/mol. The molecule has 9 rings (SSSR count). The number of fused-ring (bicyclic) bond motifs is 5. The number of piperidine rings is 1. The summed E-state index contributed by atoms with van der Waals surface area (Å²) >= 11 is 0. The number of methoxy groups -OCH3 is 1. The minimum absolute atomic E-state index is 0.0650. The van der Waals surface area contributed by atoms with Crippen LogP contribution in [0.1, 0.15) is 56.8 Å². The summed E-state index contributed by atoms with van der Waals surface area (Å²) in [6.07, 6.45) is 4.67. The molecule has 6 aromatic rings. The number of hydrogen-bond donors (Lipinski definition) is 1. The van der Waals surface area contributed by atoms with Crippen molar-refractivity contribution in [3.63, 3.8) is 0 Å². The molecule has 4 aromatic heterocycles. The zero-order chi connectivity index (χ0) is 35.3. The molecule has 10 heteroatoms. The minimum atomic E-state index is -1.02. The van der Waals surface area contributed by atoms with Crippen molar-refractivity contribution in [2.75, 3.05) is 13.7 Å². The first-order valence-corrected chi connectivity index (χ1v) is 18.2. The molecule has 5 heterocycles. The maximum absolute atomic E-state index is 13.9. The quantitative estimate of drug-likeness (QED) is 0.193. The second-order valence-electron chi connectivity index (χ2n) is 15.8. The third kappa shape index (κ3) is 5.34. The third-order valence-electron chi connectivity index (χ3n) is 11.6. The lowest BCUT2D eigenvalue weighted by atomic mass is 10.0. The summed E-state index contributed by atoms with van der Waals surface area (Å²) in [4.78, 5) is 39.1. The number of aliphatic hydroxyl groups is 1. The fourth-order valence-corrected chi connectivity index (χ4v) is 8.76. The van der Waals surface area contributed by atoms with Gasteiger partial charge < -0.3 is 28.4 Å². The van der Waals surface area contributed by atoms with Gasteiger partial charge in [0.2, 0.25) is 0 Å². The first-order valence-electron chi connectivity index (χ1n) is 18.2. The summed E-state index contributed by atoms with van der Waals surface area (Å²) in [6.45, 7) is 7.57. The molecule has 0 radical (unpaired) electrons. The van der Waals surface area contributed by atoms with E-state index in [4.69, 9.17) is 14.7 Å². The van der Waals surface area contributed by atoms with Gasteiger partial charge in [0.15, 0.2) is 5.82 Å². The first kappa shape index (κ1) is 32.0. The highest BCUT2D eigenvalue weighted by molar-refractivity contribution is 6.00. The van der Waals surface area contributed by atoms with Gasteiger partial charge in [-0.15, -0.1) is 0 Å². The number of amides is 1. The van der Waals surface area contributed by atoms with E-state index in [0.717, 1.165) is 75.3 Å². The first-order chi connectivity index (χ1) is 24.5. The molecule has 10 nitrogen and oxygen atoms in total. The van der Waals surface area contributed by atoms with Crippen LogP contribution in [-0.2, 0) is 20.1 Å². The third-order valence-corrected chi connectivity index (χ3v) is 11.6. The van der Waals surface area contributed by atoms with Gasteiger partial charge in [-0.2, -0.15) is 0 Å². The molecule has 2 saturated carbocycles. The van der Waals surface area contributed by atoms with Crippen molar-refractivity contribution in [2.24, 2.45) is 24.8 Å². The van der Waals surface area contributed by atoms with Crippen molar-refractivity contribution >= 4 is 38.9 Å². The largest absolute Gasteiger partial charge is 0.494 e. The Morgan fingerprint density at radius 3 is 2.47 bits per heavy atom. The number of hydrogen-bond acceptors (Lipinski definition) is 6. The highest BCUT2D eigenvalue weighted by atomic mass is 16.5. The fraction of sp³-hybridized carbons (Fsp3) is 0.415. The van der Waals surface area contributed by atoms with Crippen molar-refractivity contribution in [2.45, 2.75) is 71.2 Å². The maximum atomic E-state index is 13.9. The van der Waals surface area contributed by atoms with Gasteiger partial charge in [0.25, 0.3) is 11.5 Å². The zero-order valence-corrected chi connectivity index (χ0v) is 29.9. The van der Waals surface area contributed by atoms with Gasteiger partial charge in [-0.05, 0) is 111 Å². The predicted octanol–water partition coefficient (Wildman–Crippen LogP) is 6.63. The van der Waals surface area contributed by atoms with Crippen LogP contribution in [0.5, 0.6) is 5.75 Å². The van der Waals surface area contributed by atoms with E-state index in [1.165, 1.54) is 19.3 Å². The van der Waals surface area contributed by atoms with Crippen molar-refractivity contribution in [3.05, 3.63) is 76.6 Å². The van der Waals surface area contributed by atoms with Crippen molar-refractivity contribution in [1.29, 1.82) is 0 Å². The molecule has 1 saturated heterocycles. The van der Waals surface area contributed by atoms with Crippen molar-refractivity contribution in [3.8, 4) is 28.5 Å². The van der Waals surface area contributed by atoms with Crippen LogP contribution in [0.2, 0.25) is 0 Å². The Balaban J connectivity index is 1.13. The Hall–Kier alpha value is -4.96. The monoisotopic (exact) mass is 684 g/mol. The van der Waals surface area contributed by atoms with E-state index < -0.39 is 5.60 Å². The second kappa shape index (κ2) is 11.5. The Morgan fingerprint density at radius 1 is 0.961 bits per heavy atom. The standard InChI is InChI=1S/C41H44N6O4/c1-23-28-10-13-32(23)46(21-28)40(49)29-17-31-37(35(19-29)51-5)44(4)39(43-31)34-18-27-8-12-30(42-38(27)45(34)20-24-6-7-24)25-9-14-33-26(16-25)11-15-36(48)47(33)22-41(2,3)50/h8-9,11-12,14-19,23-24,28,32,50H,6-7,10,13,20-22H2,1-5H3/t23-,28?,32?/m1/s1. The topological polar surface area (TPSA) is 107 Å². The molecule has 51 heavy (non-hydrogen) atoms. The number of aryl methyl sites for hydroxylation is 1. The maximum Gasteiger partial charge on any atom is 0.254 e. The Labute approximate surface area is 296 Å². The van der Waals surface area contributed by atoms with E-state index >= 15 is 0 Å². The van der Waals surface area contributed by atoms with E-state index in [0.29, 0.717) is 35.1 Å². The van der Waals surface area contributed by atoms with E-state index in [9.17, 15) is 14.7 Å². The Kier molecular flexibility index (Phi) is 7.23. The highest BCUT2D eigenvalue weighted by Gasteiger charge is 2.46. The van der Waals surface area contributed by atoms with E-state index in [1.54, 1.807) is 31.6 Å². The van der Waals surface area contributed by atoms with Crippen LogP contribution in [0.15, 0.2) is 65.5 Å². The SMILES string of the molecule is COc1cc(C(=O)N2CC3CCC2[C@@H]3C)cc2nc(-c3cc4ccc(-c5ccc6c(ccc(=O)n6CC(C)(C)O)c5)nc4n3CC3CC3)n(C)c12. The molecule has 0 spiro atoms. The average molecular weight is 685 g/mol. The molecule has 1 N–H and O–H groups in total. The van der Waals surface area contributed by atoms with E-state index in [1.807, 2.05) is 43.4 Å². The van der Waals surface area contributed by atoms with Gasteiger partial charge in [-0.3, -0.25) is 9.59 Å². The molecule has 2 bridgehead atoms. The summed E-state index contributed by atoms with van der Waals surface area (Å²) in [5, 5.41) is 12.4. The molecule has 262 valence electrons. The van der Waals surface area contributed by atoms with E-state index in [2.05, 4.69) is 39.2 Å². The lowest BCUT2D eigenvalue weighted by Crippen LogP contribution is -2.38. The second-order valence-corrected chi connectivity index (χ2v) is 15.8. The zero-order valence-electron chi connectivity index (χ0n) is 29.9. The molecular weight excluding hydrogens is 640 g/mol. The van der Waals surface area contributed by atoms with E-state index in [-0.39, 0.29) is 18.0 Å². The lowest BCUT2D eigenvalue weighted by molar-refractivity contribution is 0.0617. The molecule has 1 aliphatic heterocycles. The molecule has 2 aromatic carbocycles. The summed E-state index contributed by atoms with van der Waals surface area (Å²) < 4.78 is 11.9. The number of aromatic nitrogens is 5. The van der Waals surface area contributed by atoms with Gasteiger partial charge in [-0.1, -0.05) is 13.0 Å². The van der Waals surface area contributed by atoms with Crippen LogP contribution >= 0.6 is 0 Å². The molecular formula is C41H44N6O4.